The first kappa shape index (κ1) is 13.6. The van der Waals surface area contributed by atoms with Gasteiger partial charge in [0.2, 0.25) is 0 Å². The van der Waals surface area contributed by atoms with Crippen LogP contribution in [0.1, 0.15) is 13.8 Å². The molecule has 0 aliphatic heterocycles. The molecule has 0 bridgehead atoms. The van der Waals surface area contributed by atoms with E-state index in [2.05, 4.69) is 63.4 Å². The van der Waals surface area contributed by atoms with Crippen molar-refractivity contribution in [1.29, 1.82) is 0 Å². The van der Waals surface area contributed by atoms with Crippen LogP contribution in [0.2, 0.25) is 0 Å². The lowest BCUT2D eigenvalue weighted by atomic mass is 10.4. The van der Waals surface area contributed by atoms with Crippen molar-refractivity contribution in [2.75, 3.05) is 0 Å². The summed E-state index contributed by atoms with van der Waals surface area (Å²) < 4.78 is 0. The summed E-state index contributed by atoms with van der Waals surface area (Å²) in [5.41, 5.74) is 0. The Bertz CT molecular complexity index is 414. The molecule has 0 unspecified atom stereocenters. The summed E-state index contributed by atoms with van der Waals surface area (Å²) >= 11 is 0. The molecule has 0 saturated carbocycles. The Morgan fingerprint density at radius 2 is 1.41 bits per heavy atom. The van der Waals surface area contributed by atoms with Crippen LogP contribution >= 0.6 is 0 Å². The Labute approximate surface area is 107 Å². The third-order valence-corrected chi connectivity index (χ3v) is 4.91. The van der Waals surface area contributed by atoms with Crippen molar-refractivity contribution in [3.8, 4) is 0 Å². The molecule has 1 aromatic rings. The van der Waals surface area contributed by atoms with Gasteiger partial charge in [-0.05, 0) is 50.3 Å². The Morgan fingerprint density at radius 1 is 0.941 bits per heavy atom. The molecule has 0 heterocycles. The molecule has 17 heavy (non-hydrogen) atoms. The van der Waals surface area contributed by atoms with Crippen LogP contribution in [0.25, 0.3) is 0 Å². The molecule has 1 heteroatoms. The van der Waals surface area contributed by atoms with Crippen molar-refractivity contribution in [1.82, 2.24) is 0 Å². The Kier molecular flexibility index (Phi) is 5.58. The molecule has 0 aliphatic carbocycles. The fourth-order valence-corrected chi connectivity index (χ4v) is 3.65. The van der Waals surface area contributed by atoms with Crippen LogP contribution in [0.4, 0.5) is 0 Å². The number of benzene rings is 1. The van der Waals surface area contributed by atoms with E-state index in [1.54, 1.807) is 0 Å². The third-order valence-electron chi connectivity index (χ3n) is 2.42. The molecular formula is C16H19S+. The van der Waals surface area contributed by atoms with Crippen LogP contribution in [0.3, 0.4) is 0 Å². The van der Waals surface area contributed by atoms with Gasteiger partial charge in [-0.2, -0.15) is 0 Å². The van der Waals surface area contributed by atoms with E-state index < -0.39 is 0 Å². The summed E-state index contributed by atoms with van der Waals surface area (Å²) in [6.07, 6.45) is 8.11. The fourth-order valence-electron chi connectivity index (χ4n) is 1.60. The molecule has 0 radical (unpaired) electrons. The van der Waals surface area contributed by atoms with Gasteiger partial charge in [0.1, 0.15) is 0 Å². The first-order valence-corrected chi connectivity index (χ1v) is 6.87. The standard InChI is InChI=1S/C16H19S/c1-5-14(6-2)17(15(7-3)8-4)16-12-10-9-11-13-16/h5-13H,1,3H2,2,4H3/q+1/b14-6+,15-8+. The molecule has 88 valence electrons. The van der Waals surface area contributed by atoms with Crippen LogP contribution < -0.4 is 0 Å². The van der Waals surface area contributed by atoms with Crippen LogP contribution in [0, 0.1) is 0 Å². The number of hydrogen-bond donors (Lipinski definition) is 0. The molecule has 1 aromatic carbocycles. The van der Waals surface area contributed by atoms with E-state index in [1.165, 1.54) is 14.7 Å². The highest BCUT2D eigenvalue weighted by atomic mass is 32.2. The van der Waals surface area contributed by atoms with Crippen molar-refractivity contribution >= 4 is 10.9 Å². The minimum absolute atomic E-state index is 0.0774. The quantitative estimate of drug-likeness (QED) is 0.512. The van der Waals surface area contributed by atoms with Crippen LogP contribution in [-0.4, -0.2) is 0 Å². The van der Waals surface area contributed by atoms with Gasteiger partial charge < -0.3 is 0 Å². The molecule has 0 aromatic heterocycles. The first-order valence-electron chi connectivity index (χ1n) is 5.65. The minimum atomic E-state index is -0.0774. The Morgan fingerprint density at radius 3 is 1.76 bits per heavy atom. The van der Waals surface area contributed by atoms with Gasteiger partial charge in [-0.3, -0.25) is 0 Å². The minimum Gasteiger partial charge on any atom is -0.0941 e. The van der Waals surface area contributed by atoms with Gasteiger partial charge in [0.05, 0.1) is 10.9 Å². The molecule has 0 spiro atoms. The average Bonchev–Trinajstić information content (AvgIpc) is 2.40. The highest BCUT2D eigenvalue weighted by molar-refractivity contribution is 8.04. The van der Waals surface area contributed by atoms with Gasteiger partial charge in [0.15, 0.2) is 14.7 Å². The molecule has 0 aliphatic rings. The van der Waals surface area contributed by atoms with Gasteiger partial charge in [0, 0.05) is 0 Å². The maximum atomic E-state index is 3.91. The molecular weight excluding hydrogens is 224 g/mol. The van der Waals surface area contributed by atoms with E-state index in [-0.39, 0.29) is 10.9 Å². The van der Waals surface area contributed by atoms with E-state index in [0.717, 1.165) is 0 Å². The van der Waals surface area contributed by atoms with Gasteiger partial charge in [-0.1, -0.05) is 31.4 Å². The first-order chi connectivity index (χ1) is 8.28. The summed E-state index contributed by atoms with van der Waals surface area (Å²) in [6.45, 7) is 11.9. The summed E-state index contributed by atoms with van der Waals surface area (Å²) in [7, 11) is -0.0774. The summed E-state index contributed by atoms with van der Waals surface area (Å²) in [6, 6.07) is 10.5. The van der Waals surface area contributed by atoms with Gasteiger partial charge in [0.25, 0.3) is 0 Å². The van der Waals surface area contributed by atoms with Crippen molar-refractivity contribution in [2.24, 2.45) is 0 Å². The van der Waals surface area contributed by atoms with E-state index in [1.807, 2.05) is 18.2 Å². The second-order valence-electron chi connectivity index (χ2n) is 3.41. The number of allylic oxidation sites excluding steroid dienone is 4. The second kappa shape index (κ2) is 6.97. The fraction of sp³-hybridized carbons (Fsp3) is 0.125. The summed E-state index contributed by atoms with van der Waals surface area (Å²) in [5, 5.41) is 0. The zero-order valence-electron chi connectivity index (χ0n) is 10.5. The van der Waals surface area contributed by atoms with Gasteiger partial charge in [-0.25, -0.2) is 0 Å². The monoisotopic (exact) mass is 243 g/mol. The third kappa shape index (κ3) is 3.24. The number of rotatable bonds is 5. The van der Waals surface area contributed by atoms with Crippen molar-refractivity contribution < 1.29 is 0 Å². The summed E-state index contributed by atoms with van der Waals surface area (Å²) in [4.78, 5) is 3.78. The molecule has 0 atom stereocenters. The molecule has 0 saturated heterocycles. The number of hydrogen-bond acceptors (Lipinski definition) is 0. The van der Waals surface area contributed by atoms with E-state index in [4.69, 9.17) is 0 Å². The topological polar surface area (TPSA) is 0 Å². The molecule has 0 fully saturated rings. The maximum Gasteiger partial charge on any atom is 0.166 e. The highest BCUT2D eigenvalue weighted by Gasteiger charge is 2.28. The van der Waals surface area contributed by atoms with Crippen LogP contribution in [0.15, 0.2) is 82.5 Å². The Balaban J connectivity index is 3.30. The lowest BCUT2D eigenvalue weighted by Crippen LogP contribution is -2.06. The Hall–Kier alpha value is -1.47. The van der Waals surface area contributed by atoms with Crippen LogP contribution in [-0.2, 0) is 10.9 Å². The second-order valence-corrected chi connectivity index (χ2v) is 5.44. The molecule has 1 rings (SSSR count). The molecule has 0 nitrogen and oxygen atoms in total. The van der Waals surface area contributed by atoms with Gasteiger partial charge in [-0.15, -0.1) is 0 Å². The van der Waals surface area contributed by atoms with E-state index in [9.17, 15) is 0 Å². The molecule has 0 amide bonds. The van der Waals surface area contributed by atoms with E-state index in [0.29, 0.717) is 0 Å². The lowest BCUT2D eigenvalue weighted by Gasteiger charge is -2.08. The van der Waals surface area contributed by atoms with Crippen molar-refractivity contribution in [3.63, 3.8) is 0 Å². The van der Waals surface area contributed by atoms with Crippen molar-refractivity contribution in [3.05, 3.63) is 77.6 Å². The smallest absolute Gasteiger partial charge is 0.0941 e. The zero-order chi connectivity index (χ0) is 12.7. The van der Waals surface area contributed by atoms with Gasteiger partial charge >= 0.3 is 0 Å². The average molecular weight is 243 g/mol. The van der Waals surface area contributed by atoms with E-state index >= 15 is 0 Å². The largest absolute Gasteiger partial charge is 0.166 e. The SMILES string of the molecule is C=C/C(=C\C)[S+](/C(C=C)=C/C)c1ccccc1. The predicted molar refractivity (Wildman–Crippen MR) is 80.0 cm³/mol. The zero-order valence-corrected chi connectivity index (χ0v) is 11.3. The predicted octanol–water partition coefficient (Wildman–Crippen LogP) is 4.84. The van der Waals surface area contributed by atoms with Crippen molar-refractivity contribution in [2.45, 2.75) is 18.7 Å². The lowest BCUT2D eigenvalue weighted by molar-refractivity contribution is 1.44. The molecule has 0 N–H and O–H groups in total. The summed E-state index contributed by atoms with van der Waals surface area (Å²) in [5.74, 6) is 0. The normalized spacial score (nSPS) is 14.2. The maximum absolute atomic E-state index is 3.91. The van der Waals surface area contributed by atoms with Crippen LogP contribution in [0.5, 0.6) is 0 Å². The highest BCUT2D eigenvalue weighted by Crippen LogP contribution is 2.30.